The maximum atomic E-state index is 12.8. The summed E-state index contributed by atoms with van der Waals surface area (Å²) >= 11 is 0. The highest BCUT2D eigenvalue weighted by molar-refractivity contribution is 6.03. The molecule has 0 bridgehead atoms. The lowest BCUT2D eigenvalue weighted by Crippen LogP contribution is -2.41. The van der Waals surface area contributed by atoms with Crippen LogP contribution in [0, 0.1) is 5.92 Å². The minimum Gasteiger partial charge on any atom is -0.481 e. The SMILES string of the molecule is O=C(Nc1ccccc1C(=O)N1CCCCC1)NC1CCC(C(=O)O)CC1. The summed E-state index contributed by atoms with van der Waals surface area (Å²) < 4.78 is 0. The average Bonchev–Trinajstić information content (AvgIpc) is 2.69. The number of amides is 3. The molecule has 0 unspecified atom stereocenters. The molecular formula is C20H27N3O4. The van der Waals surface area contributed by atoms with E-state index in [2.05, 4.69) is 10.6 Å². The van der Waals surface area contributed by atoms with Crippen LogP contribution >= 0.6 is 0 Å². The van der Waals surface area contributed by atoms with Gasteiger partial charge < -0.3 is 20.6 Å². The molecule has 0 aromatic heterocycles. The molecule has 1 aromatic carbocycles. The molecule has 1 saturated heterocycles. The van der Waals surface area contributed by atoms with E-state index in [0.29, 0.717) is 36.9 Å². The summed E-state index contributed by atoms with van der Waals surface area (Å²) in [5.74, 6) is -1.12. The van der Waals surface area contributed by atoms with E-state index in [-0.39, 0.29) is 23.9 Å². The zero-order valence-electron chi connectivity index (χ0n) is 15.4. The fourth-order valence-corrected chi connectivity index (χ4v) is 3.87. The molecule has 1 heterocycles. The molecule has 7 nitrogen and oxygen atoms in total. The quantitative estimate of drug-likeness (QED) is 0.755. The van der Waals surface area contributed by atoms with Gasteiger partial charge in [-0.15, -0.1) is 0 Å². The summed E-state index contributed by atoms with van der Waals surface area (Å²) in [5.41, 5.74) is 1.01. The largest absolute Gasteiger partial charge is 0.481 e. The number of carbonyl (C=O) groups is 3. The number of benzene rings is 1. The van der Waals surface area contributed by atoms with Gasteiger partial charge in [0.05, 0.1) is 17.2 Å². The Kier molecular flexibility index (Phi) is 6.32. The summed E-state index contributed by atoms with van der Waals surface area (Å²) in [4.78, 5) is 38.0. The fourth-order valence-electron chi connectivity index (χ4n) is 3.87. The Hall–Kier alpha value is -2.57. The number of urea groups is 1. The lowest BCUT2D eigenvalue weighted by atomic mass is 9.86. The standard InChI is InChI=1S/C20H27N3O4/c24-18(23-12-4-1-5-13-23)16-6-2-3-7-17(16)22-20(27)21-15-10-8-14(9-11-15)19(25)26/h2-3,6-7,14-15H,1,4-5,8-13H2,(H,25,26)(H2,21,22,27). The molecule has 3 N–H and O–H groups in total. The number of piperidine rings is 1. The zero-order chi connectivity index (χ0) is 19.2. The van der Waals surface area contributed by atoms with Crippen LogP contribution in [0.25, 0.3) is 0 Å². The average molecular weight is 373 g/mol. The first-order valence-electron chi connectivity index (χ1n) is 9.73. The van der Waals surface area contributed by atoms with Gasteiger partial charge >= 0.3 is 12.0 Å². The Labute approximate surface area is 159 Å². The number of hydrogen-bond acceptors (Lipinski definition) is 3. The first-order chi connectivity index (χ1) is 13.0. The second kappa shape index (κ2) is 8.88. The van der Waals surface area contributed by atoms with Crippen LogP contribution in [0.5, 0.6) is 0 Å². The van der Waals surface area contributed by atoms with Crippen LogP contribution in [0.2, 0.25) is 0 Å². The van der Waals surface area contributed by atoms with Crippen LogP contribution in [0.4, 0.5) is 10.5 Å². The summed E-state index contributed by atoms with van der Waals surface area (Å²) in [6.07, 6.45) is 5.63. The number of likely N-dealkylation sites (tertiary alicyclic amines) is 1. The number of aliphatic carboxylic acids is 1. The van der Waals surface area contributed by atoms with Gasteiger partial charge in [0.1, 0.15) is 0 Å². The first kappa shape index (κ1) is 19.2. The predicted molar refractivity (Wildman–Crippen MR) is 102 cm³/mol. The number of para-hydroxylation sites is 1. The van der Waals surface area contributed by atoms with Gasteiger partial charge in [0, 0.05) is 19.1 Å². The summed E-state index contributed by atoms with van der Waals surface area (Å²) in [6.45, 7) is 1.51. The second-order valence-corrected chi connectivity index (χ2v) is 7.38. The van der Waals surface area contributed by atoms with Crippen molar-refractivity contribution >= 4 is 23.6 Å². The van der Waals surface area contributed by atoms with Gasteiger partial charge in [-0.1, -0.05) is 12.1 Å². The number of hydrogen-bond donors (Lipinski definition) is 3. The molecule has 146 valence electrons. The van der Waals surface area contributed by atoms with Gasteiger partial charge in [-0.2, -0.15) is 0 Å². The smallest absolute Gasteiger partial charge is 0.319 e. The molecule has 3 rings (SSSR count). The van der Waals surface area contributed by atoms with Crippen molar-refractivity contribution in [3.05, 3.63) is 29.8 Å². The van der Waals surface area contributed by atoms with E-state index < -0.39 is 5.97 Å². The zero-order valence-corrected chi connectivity index (χ0v) is 15.4. The third-order valence-corrected chi connectivity index (χ3v) is 5.46. The molecule has 2 fully saturated rings. The van der Waals surface area contributed by atoms with Crippen molar-refractivity contribution in [1.82, 2.24) is 10.2 Å². The monoisotopic (exact) mass is 373 g/mol. The highest BCUT2D eigenvalue weighted by Crippen LogP contribution is 2.25. The Morgan fingerprint density at radius 2 is 1.63 bits per heavy atom. The van der Waals surface area contributed by atoms with Crippen LogP contribution in [0.15, 0.2) is 24.3 Å². The highest BCUT2D eigenvalue weighted by atomic mass is 16.4. The van der Waals surface area contributed by atoms with Crippen molar-refractivity contribution in [2.24, 2.45) is 5.92 Å². The fraction of sp³-hybridized carbons (Fsp3) is 0.550. The molecule has 2 aliphatic rings. The number of rotatable bonds is 4. The number of nitrogens with zero attached hydrogens (tertiary/aromatic N) is 1. The predicted octanol–water partition coefficient (Wildman–Crippen LogP) is 3.08. The molecule has 27 heavy (non-hydrogen) atoms. The van der Waals surface area contributed by atoms with Gasteiger partial charge in [-0.25, -0.2) is 4.79 Å². The van der Waals surface area contributed by atoms with Gasteiger partial charge in [-0.05, 0) is 57.1 Å². The molecular weight excluding hydrogens is 346 g/mol. The number of nitrogens with one attached hydrogen (secondary N) is 2. The molecule has 1 saturated carbocycles. The lowest BCUT2D eigenvalue weighted by molar-refractivity contribution is -0.142. The van der Waals surface area contributed by atoms with Crippen molar-refractivity contribution in [3.63, 3.8) is 0 Å². The van der Waals surface area contributed by atoms with Crippen LogP contribution in [0.1, 0.15) is 55.3 Å². The van der Waals surface area contributed by atoms with Crippen molar-refractivity contribution < 1.29 is 19.5 Å². The molecule has 1 aliphatic carbocycles. The third-order valence-electron chi connectivity index (χ3n) is 5.46. The molecule has 7 heteroatoms. The summed E-state index contributed by atoms with van der Waals surface area (Å²) in [5, 5.41) is 14.8. The van der Waals surface area contributed by atoms with E-state index in [1.54, 1.807) is 24.3 Å². The maximum Gasteiger partial charge on any atom is 0.319 e. The van der Waals surface area contributed by atoms with Gasteiger partial charge in [0.15, 0.2) is 0 Å². The Balaban J connectivity index is 1.58. The van der Waals surface area contributed by atoms with E-state index in [9.17, 15) is 14.4 Å². The van der Waals surface area contributed by atoms with E-state index in [0.717, 1.165) is 32.4 Å². The topological polar surface area (TPSA) is 98.7 Å². The molecule has 0 spiro atoms. The minimum atomic E-state index is -0.761. The molecule has 1 aliphatic heterocycles. The highest BCUT2D eigenvalue weighted by Gasteiger charge is 2.27. The van der Waals surface area contributed by atoms with Crippen molar-refractivity contribution in [3.8, 4) is 0 Å². The second-order valence-electron chi connectivity index (χ2n) is 7.38. The molecule has 0 atom stereocenters. The number of carbonyl (C=O) groups excluding carboxylic acids is 2. The van der Waals surface area contributed by atoms with Crippen LogP contribution in [-0.2, 0) is 4.79 Å². The summed E-state index contributed by atoms with van der Waals surface area (Å²) in [6, 6.07) is 6.68. The minimum absolute atomic E-state index is 0.0365. The Morgan fingerprint density at radius 3 is 2.30 bits per heavy atom. The van der Waals surface area contributed by atoms with Crippen LogP contribution in [-0.4, -0.2) is 47.0 Å². The lowest BCUT2D eigenvalue weighted by Gasteiger charge is -2.28. The molecule has 0 radical (unpaired) electrons. The van der Waals surface area contributed by atoms with E-state index in [1.165, 1.54) is 0 Å². The Morgan fingerprint density at radius 1 is 0.963 bits per heavy atom. The van der Waals surface area contributed by atoms with Crippen molar-refractivity contribution in [1.29, 1.82) is 0 Å². The number of carboxylic acid groups (broad SMARTS) is 1. The van der Waals surface area contributed by atoms with Crippen LogP contribution < -0.4 is 10.6 Å². The molecule has 1 aromatic rings. The maximum absolute atomic E-state index is 12.8. The summed E-state index contributed by atoms with van der Waals surface area (Å²) in [7, 11) is 0. The molecule has 3 amide bonds. The van der Waals surface area contributed by atoms with Crippen molar-refractivity contribution in [2.45, 2.75) is 51.0 Å². The Bertz CT molecular complexity index is 692. The van der Waals surface area contributed by atoms with E-state index >= 15 is 0 Å². The van der Waals surface area contributed by atoms with E-state index in [4.69, 9.17) is 5.11 Å². The normalized spacial score (nSPS) is 22.7. The van der Waals surface area contributed by atoms with Gasteiger partial charge in [0.2, 0.25) is 0 Å². The van der Waals surface area contributed by atoms with Gasteiger partial charge in [0.25, 0.3) is 5.91 Å². The van der Waals surface area contributed by atoms with Gasteiger partial charge in [-0.3, -0.25) is 9.59 Å². The first-order valence-corrected chi connectivity index (χ1v) is 9.73. The van der Waals surface area contributed by atoms with Crippen LogP contribution in [0.3, 0.4) is 0 Å². The number of carboxylic acids is 1. The third kappa shape index (κ3) is 4.99. The number of anilines is 1. The van der Waals surface area contributed by atoms with Crippen molar-refractivity contribution in [2.75, 3.05) is 18.4 Å². The van der Waals surface area contributed by atoms with E-state index in [1.807, 2.05) is 4.90 Å².